The summed E-state index contributed by atoms with van der Waals surface area (Å²) in [4.78, 5) is 22.6. The molecule has 1 amide bonds. The zero-order valence-corrected chi connectivity index (χ0v) is 13.5. The third-order valence-corrected chi connectivity index (χ3v) is 5.42. The molecule has 2 atom stereocenters. The first-order chi connectivity index (χ1) is 10.7. The van der Waals surface area contributed by atoms with Crippen molar-refractivity contribution >= 4 is 33.5 Å². The van der Waals surface area contributed by atoms with Gasteiger partial charge in [0.1, 0.15) is 6.04 Å². The van der Waals surface area contributed by atoms with E-state index in [1.54, 1.807) is 0 Å². The smallest absolute Gasteiger partial charge is 0.325 e. The monoisotopic (exact) mass is 362 g/mol. The van der Waals surface area contributed by atoms with Gasteiger partial charge in [-0.25, -0.2) is 8.42 Å². The topological polar surface area (TPSA) is 127 Å². The number of amides is 1. The lowest BCUT2D eigenvalue weighted by atomic mass is 10.2. The van der Waals surface area contributed by atoms with Gasteiger partial charge in [-0.2, -0.15) is 4.31 Å². The maximum Gasteiger partial charge on any atom is 0.325 e. The van der Waals surface area contributed by atoms with Gasteiger partial charge in [0, 0.05) is 18.0 Å². The van der Waals surface area contributed by atoms with Crippen molar-refractivity contribution in [3.63, 3.8) is 0 Å². The quantitative estimate of drug-likeness (QED) is 0.679. The van der Waals surface area contributed by atoms with Gasteiger partial charge in [0.05, 0.1) is 11.0 Å². The summed E-state index contributed by atoms with van der Waals surface area (Å²) in [7, 11) is -4.02. The highest BCUT2D eigenvalue weighted by atomic mass is 35.5. The average molecular weight is 363 g/mol. The third-order valence-electron chi connectivity index (χ3n) is 3.28. The summed E-state index contributed by atoms with van der Waals surface area (Å²) < 4.78 is 30.7. The number of aliphatic hydroxyl groups is 1. The number of nitrogens with two attached hydrogens (primary N) is 1. The van der Waals surface area contributed by atoms with E-state index in [2.05, 4.69) is 4.74 Å². The fraction of sp³-hybridized carbons (Fsp3) is 0.385. The molecule has 1 fully saturated rings. The van der Waals surface area contributed by atoms with Crippen LogP contribution in [-0.2, 0) is 24.3 Å². The van der Waals surface area contributed by atoms with Gasteiger partial charge >= 0.3 is 5.97 Å². The first kappa shape index (κ1) is 17.7. The van der Waals surface area contributed by atoms with Gasteiger partial charge < -0.3 is 15.6 Å². The first-order valence-corrected chi connectivity index (χ1v) is 8.44. The Labute approximate surface area is 137 Å². The van der Waals surface area contributed by atoms with Crippen LogP contribution in [-0.4, -0.2) is 55.0 Å². The molecule has 2 rings (SSSR count). The highest BCUT2D eigenvalue weighted by Crippen LogP contribution is 2.27. The predicted molar refractivity (Wildman–Crippen MR) is 79.9 cm³/mol. The Bertz CT molecular complexity index is 706. The number of rotatable bonds is 5. The number of nitrogens with zero attached hydrogens (tertiary/aromatic N) is 1. The standard InChI is InChI=1S/C13H15ClN2O6S/c14-8-1-3-10(4-2-8)23(20,21)16-6-9(17)5-11(16)13(19)22-7-12(15)18/h1-4,9,11,17H,5-7H2,(H2,15,18)/t9-,11+/m1/s1. The maximum atomic E-state index is 12.6. The molecule has 126 valence electrons. The van der Waals surface area contributed by atoms with Gasteiger partial charge in [-0.15, -0.1) is 0 Å². The molecule has 1 aromatic carbocycles. The number of carbonyl (C=O) groups is 2. The highest BCUT2D eigenvalue weighted by molar-refractivity contribution is 7.89. The Balaban J connectivity index is 2.25. The minimum absolute atomic E-state index is 0.0660. The molecule has 8 nitrogen and oxygen atoms in total. The number of halogens is 1. The van der Waals surface area contributed by atoms with E-state index in [1.807, 2.05) is 0 Å². The zero-order chi connectivity index (χ0) is 17.2. The Hall–Kier alpha value is -1.68. The fourth-order valence-corrected chi connectivity index (χ4v) is 4.00. The van der Waals surface area contributed by atoms with Crippen LogP contribution in [0.15, 0.2) is 29.2 Å². The molecule has 1 aliphatic heterocycles. The number of carbonyl (C=O) groups excluding carboxylic acids is 2. The second kappa shape index (κ2) is 6.83. The van der Waals surface area contributed by atoms with E-state index in [0.717, 1.165) is 4.31 Å². The Kier molecular flexibility index (Phi) is 5.25. The molecule has 3 N–H and O–H groups in total. The molecule has 0 aliphatic carbocycles. The van der Waals surface area contributed by atoms with Gasteiger partial charge in [-0.3, -0.25) is 9.59 Å². The zero-order valence-electron chi connectivity index (χ0n) is 11.9. The Morgan fingerprint density at radius 2 is 1.96 bits per heavy atom. The number of hydrogen-bond donors (Lipinski definition) is 2. The van der Waals surface area contributed by atoms with Gasteiger partial charge in [0.25, 0.3) is 5.91 Å². The summed E-state index contributed by atoms with van der Waals surface area (Å²) in [6.07, 6.45) is -1.13. The van der Waals surface area contributed by atoms with Crippen molar-refractivity contribution < 1.29 is 27.9 Å². The van der Waals surface area contributed by atoms with E-state index in [4.69, 9.17) is 17.3 Å². The number of esters is 1. The lowest BCUT2D eigenvalue weighted by molar-refractivity contribution is -0.151. The van der Waals surface area contributed by atoms with E-state index in [0.29, 0.717) is 5.02 Å². The molecular formula is C13H15ClN2O6S. The van der Waals surface area contributed by atoms with Crippen LogP contribution in [0.1, 0.15) is 6.42 Å². The van der Waals surface area contributed by atoms with E-state index in [-0.39, 0.29) is 17.9 Å². The highest BCUT2D eigenvalue weighted by Gasteiger charge is 2.44. The molecule has 0 spiro atoms. The number of aliphatic hydroxyl groups excluding tert-OH is 1. The molecule has 0 bridgehead atoms. The van der Waals surface area contributed by atoms with Crippen LogP contribution in [0.4, 0.5) is 0 Å². The molecule has 1 aromatic rings. The molecule has 23 heavy (non-hydrogen) atoms. The SMILES string of the molecule is NC(=O)COC(=O)[C@@H]1C[C@@H](O)CN1S(=O)(=O)c1ccc(Cl)cc1. The first-order valence-electron chi connectivity index (χ1n) is 6.62. The summed E-state index contributed by atoms with van der Waals surface area (Å²) in [5.74, 6) is -1.79. The molecule has 0 radical (unpaired) electrons. The molecule has 0 saturated carbocycles. The summed E-state index contributed by atoms with van der Waals surface area (Å²) in [6, 6.07) is 4.19. The van der Waals surface area contributed by atoms with Crippen LogP contribution < -0.4 is 5.73 Å². The number of ether oxygens (including phenoxy) is 1. The van der Waals surface area contributed by atoms with E-state index in [1.165, 1.54) is 24.3 Å². The molecule has 0 unspecified atom stereocenters. The van der Waals surface area contributed by atoms with Crippen molar-refractivity contribution in [1.29, 1.82) is 0 Å². The summed E-state index contributed by atoms with van der Waals surface area (Å²) in [5, 5.41) is 10.1. The Morgan fingerprint density at radius 3 is 2.52 bits per heavy atom. The summed E-state index contributed by atoms with van der Waals surface area (Å²) >= 11 is 5.73. The van der Waals surface area contributed by atoms with Gasteiger partial charge in [0.15, 0.2) is 6.61 Å². The van der Waals surface area contributed by atoms with E-state index >= 15 is 0 Å². The van der Waals surface area contributed by atoms with Gasteiger partial charge in [0.2, 0.25) is 10.0 Å². The van der Waals surface area contributed by atoms with Crippen molar-refractivity contribution in [2.45, 2.75) is 23.5 Å². The van der Waals surface area contributed by atoms with Crippen LogP contribution in [0.5, 0.6) is 0 Å². The van der Waals surface area contributed by atoms with E-state index in [9.17, 15) is 23.1 Å². The minimum Gasteiger partial charge on any atom is -0.454 e. The van der Waals surface area contributed by atoms with Crippen LogP contribution in [0.2, 0.25) is 5.02 Å². The number of hydrogen-bond acceptors (Lipinski definition) is 6. The molecule has 1 heterocycles. The third kappa shape index (κ3) is 3.99. The summed E-state index contributed by atoms with van der Waals surface area (Å²) in [5.41, 5.74) is 4.88. The second-order valence-electron chi connectivity index (χ2n) is 5.01. The predicted octanol–water partition coefficient (Wildman–Crippen LogP) is -0.508. The van der Waals surface area contributed by atoms with Crippen molar-refractivity contribution in [2.75, 3.05) is 13.2 Å². The number of β-amino-alcohol motifs (C(OH)–C–C–N with tert-alkyl or cyclic N) is 1. The maximum absolute atomic E-state index is 12.6. The van der Waals surface area contributed by atoms with Crippen molar-refractivity contribution in [2.24, 2.45) is 5.73 Å². The number of sulfonamides is 1. The normalized spacial score (nSPS) is 22.0. The van der Waals surface area contributed by atoms with E-state index < -0.39 is 40.7 Å². The molecule has 0 aromatic heterocycles. The van der Waals surface area contributed by atoms with Crippen molar-refractivity contribution in [1.82, 2.24) is 4.31 Å². The van der Waals surface area contributed by atoms with Crippen LogP contribution in [0, 0.1) is 0 Å². The average Bonchev–Trinajstić information content (AvgIpc) is 2.88. The van der Waals surface area contributed by atoms with Gasteiger partial charge in [-0.05, 0) is 24.3 Å². The number of primary amides is 1. The van der Waals surface area contributed by atoms with Crippen LogP contribution >= 0.6 is 11.6 Å². The molecule has 1 aliphatic rings. The number of benzene rings is 1. The van der Waals surface area contributed by atoms with Gasteiger partial charge in [-0.1, -0.05) is 11.6 Å². The lowest BCUT2D eigenvalue weighted by Crippen LogP contribution is -2.42. The van der Waals surface area contributed by atoms with Crippen LogP contribution in [0.3, 0.4) is 0 Å². The Morgan fingerprint density at radius 1 is 1.35 bits per heavy atom. The second-order valence-corrected chi connectivity index (χ2v) is 7.33. The van der Waals surface area contributed by atoms with Crippen molar-refractivity contribution in [3.8, 4) is 0 Å². The summed E-state index contributed by atoms with van der Waals surface area (Å²) in [6.45, 7) is -0.901. The minimum atomic E-state index is -4.02. The largest absolute Gasteiger partial charge is 0.454 e. The molecule has 1 saturated heterocycles. The fourth-order valence-electron chi connectivity index (χ4n) is 2.24. The van der Waals surface area contributed by atoms with Crippen LogP contribution in [0.25, 0.3) is 0 Å². The lowest BCUT2D eigenvalue weighted by Gasteiger charge is -2.22. The molecular weight excluding hydrogens is 348 g/mol. The van der Waals surface area contributed by atoms with Crippen molar-refractivity contribution in [3.05, 3.63) is 29.3 Å². The molecule has 10 heteroatoms.